The van der Waals surface area contributed by atoms with Gasteiger partial charge in [-0.05, 0) is 63.8 Å². The number of carbonyl (C=O) groups is 2. The van der Waals surface area contributed by atoms with Crippen molar-refractivity contribution in [2.75, 3.05) is 27.2 Å². The molecular formula is C23H28N2O4. The maximum absolute atomic E-state index is 12.6. The van der Waals surface area contributed by atoms with Crippen molar-refractivity contribution >= 4 is 18.0 Å². The van der Waals surface area contributed by atoms with Crippen molar-refractivity contribution in [2.45, 2.75) is 20.0 Å². The lowest BCUT2D eigenvalue weighted by Gasteiger charge is -2.13. The highest BCUT2D eigenvalue weighted by atomic mass is 16.5. The lowest BCUT2D eigenvalue weighted by Crippen LogP contribution is -2.30. The number of hydrogen-bond acceptors (Lipinski definition) is 5. The molecule has 2 aromatic rings. The zero-order chi connectivity index (χ0) is 21.2. The Morgan fingerprint density at radius 1 is 1.03 bits per heavy atom. The minimum absolute atomic E-state index is 0.0730. The maximum atomic E-state index is 12.6. The van der Waals surface area contributed by atoms with E-state index in [2.05, 4.69) is 5.32 Å². The van der Waals surface area contributed by atoms with Crippen LogP contribution in [0.25, 0.3) is 6.08 Å². The monoisotopic (exact) mass is 396 g/mol. The number of nitrogens with one attached hydrogen (secondary N) is 1. The molecule has 6 nitrogen and oxygen atoms in total. The number of ether oxygens (including phenoxy) is 2. The smallest absolute Gasteiger partial charge is 0.354 e. The van der Waals surface area contributed by atoms with Crippen molar-refractivity contribution in [3.63, 3.8) is 0 Å². The third-order valence-electron chi connectivity index (χ3n) is 3.84. The van der Waals surface area contributed by atoms with E-state index >= 15 is 0 Å². The summed E-state index contributed by atoms with van der Waals surface area (Å²) in [5.74, 6) is -0.222. The van der Waals surface area contributed by atoms with E-state index in [9.17, 15) is 9.59 Å². The first kappa shape index (κ1) is 22.2. The average molecular weight is 396 g/mol. The van der Waals surface area contributed by atoms with Gasteiger partial charge in [-0.15, -0.1) is 0 Å². The average Bonchev–Trinajstić information content (AvgIpc) is 2.68. The minimum atomic E-state index is -0.585. The van der Waals surface area contributed by atoms with Gasteiger partial charge >= 0.3 is 5.97 Å². The number of likely N-dealkylation sites (N-methyl/N-ethyl adjacent to an activating group) is 1. The largest absolute Gasteiger partial charge is 0.491 e. The molecule has 1 amide bonds. The van der Waals surface area contributed by atoms with Crippen LogP contribution in [0.3, 0.4) is 0 Å². The molecule has 29 heavy (non-hydrogen) atoms. The Morgan fingerprint density at radius 3 is 2.28 bits per heavy atom. The third-order valence-corrected chi connectivity index (χ3v) is 3.84. The van der Waals surface area contributed by atoms with Crippen molar-refractivity contribution in [3.05, 3.63) is 71.4 Å². The fraction of sp³-hybridized carbons (Fsp3) is 0.304. The van der Waals surface area contributed by atoms with Gasteiger partial charge in [-0.3, -0.25) is 4.79 Å². The van der Waals surface area contributed by atoms with Crippen LogP contribution in [-0.2, 0) is 9.53 Å². The molecule has 0 saturated carbocycles. The van der Waals surface area contributed by atoms with E-state index in [1.54, 1.807) is 30.3 Å². The van der Waals surface area contributed by atoms with Gasteiger partial charge in [0.1, 0.15) is 18.1 Å². The van der Waals surface area contributed by atoms with E-state index in [1.807, 2.05) is 63.2 Å². The van der Waals surface area contributed by atoms with Gasteiger partial charge in [0.05, 0.1) is 6.10 Å². The second-order valence-corrected chi connectivity index (χ2v) is 7.05. The van der Waals surface area contributed by atoms with Crippen molar-refractivity contribution < 1.29 is 19.1 Å². The number of benzene rings is 2. The van der Waals surface area contributed by atoms with Gasteiger partial charge in [0.2, 0.25) is 0 Å². The topological polar surface area (TPSA) is 67.9 Å². The van der Waals surface area contributed by atoms with Crippen LogP contribution in [0.2, 0.25) is 0 Å². The molecule has 1 N–H and O–H groups in total. The number of rotatable bonds is 9. The first-order chi connectivity index (χ1) is 13.8. The molecule has 0 saturated heterocycles. The van der Waals surface area contributed by atoms with Crippen LogP contribution in [0.1, 0.15) is 29.8 Å². The highest BCUT2D eigenvalue weighted by molar-refractivity contribution is 6.03. The lowest BCUT2D eigenvalue weighted by atomic mass is 10.1. The molecule has 2 aromatic carbocycles. The molecule has 0 radical (unpaired) electrons. The van der Waals surface area contributed by atoms with Gasteiger partial charge in [-0.1, -0.05) is 30.3 Å². The van der Waals surface area contributed by atoms with E-state index in [-0.39, 0.29) is 24.3 Å². The van der Waals surface area contributed by atoms with Crippen molar-refractivity contribution in [1.29, 1.82) is 0 Å². The van der Waals surface area contributed by atoms with Crippen LogP contribution in [0.5, 0.6) is 5.75 Å². The molecule has 0 bridgehead atoms. The second-order valence-electron chi connectivity index (χ2n) is 7.05. The number of esters is 1. The summed E-state index contributed by atoms with van der Waals surface area (Å²) < 4.78 is 10.9. The van der Waals surface area contributed by atoms with Crippen LogP contribution in [-0.4, -0.2) is 50.1 Å². The van der Waals surface area contributed by atoms with Gasteiger partial charge in [-0.25, -0.2) is 4.79 Å². The maximum Gasteiger partial charge on any atom is 0.354 e. The van der Waals surface area contributed by atoms with Crippen molar-refractivity contribution in [2.24, 2.45) is 0 Å². The van der Waals surface area contributed by atoms with Gasteiger partial charge in [-0.2, -0.15) is 0 Å². The first-order valence-electron chi connectivity index (χ1n) is 9.52. The molecule has 154 valence electrons. The Bertz CT molecular complexity index is 828. The van der Waals surface area contributed by atoms with Crippen LogP contribution in [0.4, 0.5) is 0 Å². The van der Waals surface area contributed by atoms with Crippen LogP contribution in [0, 0.1) is 0 Å². The Labute approximate surface area is 172 Å². The predicted octanol–water partition coefficient (Wildman–Crippen LogP) is 3.35. The van der Waals surface area contributed by atoms with E-state index in [0.29, 0.717) is 12.1 Å². The molecule has 0 aliphatic heterocycles. The summed E-state index contributed by atoms with van der Waals surface area (Å²) in [6, 6.07) is 16.0. The summed E-state index contributed by atoms with van der Waals surface area (Å²) in [7, 11) is 3.78. The van der Waals surface area contributed by atoms with Crippen LogP contribution in [0.15, 0.2) is 60.3 Å². The SMILES string of the molecule is CC(C)Oc1ccc(C=C(NC(=O)c2ccccc2)C(=O)OCCN(C)C)cc1. The van der Waals surface area contributed by atoms with Gasteiger partial charge in [0.25, 0.3) is 5.91 Å². The molecule has 0 aliphatic rings. The first-order valence-corrected chi connectivity index (χ1v) is 9.52. The molecule has 2 rings (SSSR count). The molecule has 0 spiro atoms. The van der Waals surface area contributed by atoms with Crippen molar-refractivity contribution in [1.82, 2.24) is 10.2 Å². The molecule has 0 fully saturated rings. The summed E-state index contributed by atoms with van der Waals surface area (Å²) >= 11 is 0. The second kappa shape index (κ2) is 11.0. The fourth-order valence-electron chi connectivity index (χ4n) is 2.41. The molecule has 0 unspecified atom stereocenters. The highest BCUT2D eigenvalue weighted by Gasteiger charge is 2.16. The van der Waals surface area contributed by atoms with E-state index < -0.39 is 5.97 Å². The lowest BCUT2D eigenvalue weighted by molar-refractivity contribution is -0.139. The molecule has 0 heterocycles. The Morgan fingerprint density at radius 2 is 1.69 bits per heavy atom. The number of hydrogen-bond donors (Lipinski definition) is 1. The van der Waals surface area contributed by atoms with Crippen molar-refractivity contribution in [3.8, 4) is 5.75 Å². The molecule has 6 heteroatoms. The zero-order valence-electron chi connectivity index (χ0n) is 17.3. The van der Waals surface area contributed by atoms with E-state index in [1.165, 1.54) is 0 Å². The summed E-state index contributed by atoms with van der Waals surface area (Å²) in [5, 5.41) is 2.67. The zero-order valence-corrected chi connectivity index (χ0v) is 17.3. The normalized spacial score (nSPS) is 11.4. The Hall–Kier alpha value is -3.12. The number of amides is 1. The van der Waals surface area contributed by atoms with E-state index in [0.717, 1.165) is 11.3 Å². The van der Waals surface area contributed by atoms with Gasteiger partial charge in [0, 0.05) is 12.1 Å². The minimum Gasteiger partial charge on any atom is -0.491 e. The molecule has 0 aromatic heterocycles. The number of nitrogens with zero attached hydrogens (tertiary/aromatic N) is 1. The predicted molar refractivity (Wildman–Crippen MR) is 114 cm³/mol. The molecule has 0 aliphatic carbocycles. The van der Waals surface area contributed by atoms with E-state index in [4.69, 9.17) is 9.47 Å². The number of carbonyl (C=O) groups excluding carboxylic acids is 2. The summed E-state index contributed by atoms with van der Waals surface area (Å²) in [6.45, 7) is 4.72. The fourth-order valence-corrected chi connectivity index (χ4v) is 2.41. The highest BCUT2D eigenvalue weighted by Crippen LogP contribution is 2.16. The summed E-state index contributed by atoms with van der Waals surface area (Å²) in [5.41, 5.74) is 1.28. The third kappa shape index (κ3) is 7.79. The van der Waals surface area contributed by atoms with Crippen LogP contribution < -0.4 is 10.1 Å². The molecule has 0 atom stereocenters. The standard InChI is InChI=1S/C23H28N2O4/c1-17(2)29-20-12-10-18(11-13-20)16-21(23(27)28-15-14-25(3)4)24-22(26)19-8-6-5-7-9-19/h5-13,16-17H,14-15H2,1-4H3,(H,24,26). The molecular weight excluding hydrogens is 368 g/mol. The summed E-state index contributed by atoms with van der Waals surface area (Å²) in [6.07, 6.45) is 1.67. The van der Waals surface area contributed by atoms with Gasteiger partial charge in [0.15, 0.2) is 0 Å². The van der Waals surface area contributed by atoms with Gasteiger partial charge < -0.3 is 19.7 Å². The Kier molecular flexibility index (Phi) is 8.43. The summed E-state index contributed by atoms with van der Waals surface area (Å²) in [4.78, 5) is 27.0. The Balaban J connectivity index is 2.19. The quantitative estimate of drug-likeness (QED) is 0.520. The van der Waals surface area contributed by atoms with Crippen LogP contribution >= 0.6 is 0 Å².